The molecule has 11 heteroatoms. The number of oxazole rings is 1. The lowest BCUT2D eigenvalue weighted by atomic mass is 9.86. The fourth-order valence-corrected chi connectivity index (χ4v) is 6.07. The SMILES string of the molecule is C[C@H]([C@H](C/C=C/c1nc2ccccc2o1)c1ccc2c(c1)OCO2)N(Cc1ccc2ccccc2c1)C(=O)[C@@H](O)[C@H](CC(=O)O)C(=O)O. The molecule has 1 amide bonds. The first-order chi connectivity index (χ1) is 23.2. The van der Waals surface area contributed by atoms with Crippen LogP contribution in [0, 0.1) is 5.92 Å². The van der Waals surface area contributed by atoms with E-state index in [0.717, 1.165) is 21.9 Å². The maximum Gasteiger partial charge on any atom is 0.310 e. The van der Waals surface area contributed by atoms with Gasteiger partial charge in [-0.2, -0.15) is 0 Å². The summed E-state index contributed by atoms with van der Waals surface area (Å²) in [6.45, 7) is 1.92. The summed E-state index contributed by atoms with van der Waals surface area (Å²) in [4.78, 5) is 43.6. The third kappa shape index (κ3) is 7.01. The van der Waals surface area contributed by atoms with Crippen LogP contribution >= 0.6 is 0 Å². The van der Waals surface area contributed by atoms with Gasteiger partial charge in [0.15, 0.2) is 17.1 Å². The van der Waals surface area contributed by atoms with Gasteiger partial charge in [0.1, 0.15) is 17.5 Å². The molecule has 0 radical (unpaired) electrons. The first kappa shape index (κ1) is 32.3. The number of para-hydroxylation sites is 2. The number of amides is 1. The van der Waals surface area contributed by atoms with Crippen molar-refractivity contribution in [2.45, 2.75) is 44.4 Å². The van der Waals surface area contributed by atoms with Gasteiger partial charge in [-0.25, -0.2) is 4.98 Å². The number of carbonyl (C=O) groups is 3. The first-order valence-electron chi connectivity index (χ1n) is 15.5. The molecule has 0 saturated heterocycles. The maximum absolute atomic E-state index is 14.1. The topological polar surface area (TPSA) is 160 Å². The molecule has 0 saturated carbocycles. The lowest BCUT2D eigenvalue weighted by Crippen LogP contribution is -2.50. The molecule has 1 aliphatic rings. The summed E-state index contributed by atoms with van der Waals surface area (Å²) in [5, 5.41) is 32.2. The number of carboxylic acid groups (broad SMARTS) is 2. The third-order valence-electron chi connectivity index (χ3n) is 8.66. The van der Waals surface area contributed by atoms with Gasteiger partial charge in [-0.05, 0) is 71.7 Å². The fourth-order valence-electron chi connectivity index (χ4n) is 6.07. The van der Waals surface area contributed by atoms with Crippen molar-refractivity contribution in [1.29, 1.82) is 0 Å². The van der Waals surface area contributed by atoms with Gasteiger partial charge in [0.2, 0.25) is 12.7 Å². The Morgan fingerprint density at radius 3 is 2.44 bits per heavy atom. The number of aliphatic hydroxyl groups is 1. The Morgan fingerprint density at radius 1 is 0.917 bits per heavy atom. The van der Waals surface area contributed by atoms with Gasteiger partial charge in [0, 0.05) is 18.5 Å². The standard InChI is InChI=1S/C37H34N2O9/c1-22(27(26-15-16-31-32(18-26)47-21-46-31)9-6-12-33-38-29-10-4-5-11-30(29)48-33)39(36(43)35(42)28(37(44)45)19-34(40)41)20-23-13-14-24-7-2-3-8-25(24)17-23/h2-8,10-18,22,27-28,35,42H,9,19-21H2,1H3,(H,40,41)(H,44,45)/b12-6+/t22-,27+,28+,35+/m1/s1. The number of allylic oxidation sites excluding steroid dienone is 1. The number of hydrogen-bond acceptors (Lipinski definition) is 8. The van der Waals surface area contributed by atoms with E-state index in [9.17, 15) is 29.7 Å². The summed E-state index contributed by atoms with van der Waals surface area (Å²) < 4.78 is 17.0. The van der Waals surface area contributed by atoms with Crippen molar-refractivity contribution in [3.05, 3.63) is 108 Å². The van der Waals surface area contributed by atoms with Crippen molar-refractivity contribution < 1.29 is 43.6 Å². The molecule has 1 aliphatic heterocycles. The molecule has 0 spiro atoms. The fraction of sp³-hybridized carbons (Fsp3) is 0.243. The number of benzene rings is 4. The van der Waals surface area contributed by atoms with E-state index >= 15 is 0 Å². The molecule has 11 nitrogen and oxygen atoms in total. The average Bonchev–Trinajstić information content (AvgIpc) is 3.73. The van der Waals surface area contributed by atoms with Crippen LogP contribution in [0.15, 0.2) is 95.4 Å². The second-order valence-corrected chi connectivity index (χ2v) is 11.8. The third-order valence-corrected chi connectivity index (χ3v) is 8.66. The second kappa shape index (κ2) is 14.0. The summed E-state index contributed by atoms with van der Waals surface area (Å²) >= 11 is 0. The largest absolute Gasteiger partial charge is 0.481 e. The second-order valence-electron chi connectivity index (χ2n) is 11.8. The number of carboxylic acids is 2. The predicted molar refractivity (Wildman–Crippen MR) is 176 cm³/mol. The van der Waals surface area contributed by atoms with Crippen LogP contribution in [0.25, 0.3) is 27.9 Å². The smallest absolute Gasteiger partial charge is 0.310 e. The van der Waals surface area contributed by atoms with Crippen molar-refractivity contribution in [1.82, 2.24) is 9.88 Å². The Bertz CT molecular complexity index is 1970. The molecule has 0 fully saturated rings. The van der Waals surface area contributed by atoms with Gasteiger partial charge >= 0.3 is 11.9 Å². The number of aliphatic hydroxyl groups excluding tert-OH is 1. The zero-order valence-electron chi connectivity index (χ0n) is 26.1. The van der Waals surface area contributed by atoms with Gasteiger partial charge in [0.05, 0.1) is 6.42 Å². The van der Waals surface area contributed by atoms with Gasteiger partial charge < -0.3 is 34.1 Å². The molecule has 0 aliphatic carbocycles. The van der Waals surface area contributed by atoms with Crippen molar-refractivity contribution in [3.8, 4) is 11.5 Å². The van der Waals surface area contributed by atoms with Crippen LogP contribution in [-0.2, 0) is 20.9 Å². The average molecular weight is 651 g/mol. The van der Waals surface area contributed by atoms with Crippen LogP contribution in [-0.4, -0.2) is 62.0 Å². The lowest BCUT2D eigenvalue weighted by molar-refractivity contribution is -0.160. The molecule has 5 aromatic rings. The van der Waals surface area contributed by atoms with Gasteiger partial charge in [-0.15, -0.1) is 0 Å². The quantitative estimate of drug-likeness (QED) is 0.141. The molecule has 6 rings (SSSR count). The van der Waals surface area contributed by atoms with E-state index in [4.69, 9.17) is 13.9 Å². The molecular weight excluding hydrogens is 616 g/mol. The molecule has 0 unspecified atom stereocenters. The normalized spacial score (nSPS) is 15.0. The number of aromatic nitrogens is 1. The van der Waals surface area contributed by atoms with E-state index in [0.29, 0.717) is 34.9 Å². The van der Waals surface area contributed by atoms with Crippen molar-refractivity contribution in [3.63, 3.8) is 0 Å². The van der Waals surface area contributed by atoms with Crippen molar-refractivity contribution >= 4 is 45.8 Å². The number of aliphatic carboxylic acids is 2. The number of rotatable bonds is 13. The van der Waals surface area contributed by atoms with Gasteiger partial charge in [-0.3, -0.25) is 14.4 Å². The van der Waals surface area contributed by atoms with Crippen LogP contribution in [0.4, 0.5) is 0 Å². The molecule has 3 N–H and O–H groups in total. The maximum atomic E-state index is 14.1. The number of nitrogens with zero attached hydrogens (tertiary/aromatic N) is 2. The molecular formula is C37H34N2O9. The Balaban J connectivity index is 1.37. The summed E-state index contributed by atoms with van der Waals surface area (Å²) in [7, 11) is 0. The molecule has 4 atom stereocenters. The van der Waals surface area contributed by atoms with E-state index in [1.807, 2.05) is 91.9 Å². The number of hydrogen-bond donors (Lipinski definition) is 3. The van der Waals surface area contributed by atoms with Crippen LogP contribution in [0.3, 0.4) is 0 Å². The predicted octanol–water partition coefficient (Wildman–Crippen LogP) is 5.85. The monoisotopic (exact) mass is 650 g/mol. The zero-order chi connectivity index (χ0) is 33.8. The molecule has 48 heavy (non-hydrogen) atoms. The molecule has 4 aromatic carbocycles. The zero-order valence-corrected chi connectivity index (χ0v) is 26.1. The minimum atomic E-state index is -2.10. The molecule has 246 valence electrons. The highest BCUT2D eigenvalue weighted by atomic mass is 16.7. The number of ether oxygens (including phenoxy) is 2. The summed E-state index contributed by atoms with van der Waals surface area (Å²) in [5.41, 5.74) is 2.92. The van der Waals surface area contributed by atoms with Crippen LogP contribution in [0.5, 0.6) is 11.5 Å². The van der Waals surface area contributed by atoms with E-state index in [1.165, 1.54) is 4.90 Å². The molecule has 1 aromatic heterocycles. The van der Waals surface area contributed by atoms with E-state index < -0.39 is 48.2 Å². The Morgan fingerprint density at radius 2 is 1.67 bits per heavy atom. The Hall–Kier alpha value is -5.68. The Kier molecular flexibility index (Phi) is 9.40. The van der Waals surface area contributed by atoms with Crippen molar-refractivity contribution in [2.75, 3.05) is 6.79 Å². The van der Waals surface area contributed by atoms with E-state index in [1.54, 1.807) is 12.1 Å². The first-order valence-corrected chi connectivity index (χ1v) is 15.5. The van der Waals surface area contributed by atoms with Crippen LogP contribution < -0.4 is 9.47 Å². The minimum Gasteiger partial charge on any atom is -0.481 e. The summed E-state index contributed by atoms with van der Waals surface area (Å²) in [6.07, 6.45) is 1.00. The van der Waals surface area contributed by atoms with Gasteiger partial charge in [-0.1, -0.05) is 60.7 Å². The molecule has 0 bridgehead atoms. The summed E-state index contributed by atoms with van der Waals surface area (Å²) in [6, 6.07) is 25.8. The van der Waals surface area contributed by atoms with E-state index in [2.05, 4.69) is 4.98 Å². The molecule has 2 heterocycles. The Labute approximate surface area is 275 Å². The minimum absolute atomic E-state index is 0.0250. The van der Waals surface area contributed by atoms with E-state index in [-0.39, 0.29) is 13.3 Å². The van der Waals surface area contributed by atoms with Gasteiger partial charge in [0.25, 0.3) is 5.91 Å². The number of carbonyl (C=O) groups excluding carboxylic acids is 1. The number of fused-ring (bicyclic) bond motifs is 3. The van der Waals surface area contributed by atoms with Crippen LogP contribution in [0.2, 0.25) is 0 Å². The van der Waals surface area contributed by atoms with Crippen molar-refractivity contribution in [2.24, 2.45) is 5.92 Å². The highest BCUT2D eigenvalue weighted by molar-refractivity contribution is 5.89. The lowest BCUT2D eigenvalue weighted by Gasteiger charge is -2.37. The van der Waals surface area contributed by atoms with Crippen LogP contribution in [0.1, 0.15) is 42.7 Å². The summed E-state index contributed by atoms with van der Waals surface area (Å²) in [5.74, 6) is -4.61. The highest BCUT2D eigenvalue weighted by Gasteiger charge is 2.39. The highest BCUT2D eigenvalue weighted by Crippen LogP contribution is 2.38.